The van der Waals surface area contributed by atoms with Crippen molar-refractivity contribution in [1.29, 1.82) is 0 Å². The van der Waals surface area contributed by atoms with E-state index >= 15 is 0 Å². The summed E-state index contributed by atoms with van der Waals surface area (Å²) in [7, 11) is 0. The van der Waals surface area contributed by atoms with Gasteiger partial charge in [-0.1, -0.05) is 36.4 Å². The molecule has 1 heterocycles. The zero-order chi connectivity index (χ0) is 24.5. The van der Waals surface area contributed by atoms with Crippen molar-refractivity contribution >= 4 is 17.6 Å². The van der Waals surface area contributed by atoms with Crippen molar-refractivity contribution in [3.63, 3.8) is 0 Å². The molecule has 4 rings (SSSR count). The Morgan fingerprint density at radius 2 is 1.68 bits per heavy atom. The van der Waals surface area contributed by atoms with Crippen molar-refractivity contribution in [3.8, 4) is 5.75 Å². The van der Waals surface area contributed by atoms with Gasteiger partial charge in [-0.05, 0) is 94.5 Å². The molecule has 1 aliphatic heterocycles. The van der Waals surface area contributed by atoms with Crippen molar-refractivity contribution < 1.29 is 19.4 Å². The van der Waals surface area contributed by atoms with Crippen LogP contribution >= 0.6 is 0 Å². The standard InChI is InChI=1S/C28H34N2O4/c1-27(2)24(7-5-6-19-10-16-23(17-11-19)34-28(3,4)26(32)33)29-30(25(27)31)18-20-8-12-21(13-9-20)22-14-15-22/h8-13,16-17,22H,5-7,14-15,18H2,1-4H3,(H,32,33). The monoisotopic (exact) mass is 462 g/mol. The number of hydrogen-bond donors (Lipinski definition) is 1. The zero-order valence-electron chi connectivity index (χ0n) is 20.5. The molecule has 1 aliphatic carbocycles. The lowest BCUT2D eigenvalue weighted by molar-refractivity contribution is -0.152. The van der Waals surface area contributed by atoms with Crippen LogP contribution < -0.4 is 4.74 Å². The lowest BCUT2D eigenvalue weighted by atomic mass is 9.84. The van der Waals surface area contributed by atoms with Crippen LogP contribution in [0.2, 0.25) is 0 Å². The molecule has 2 aromatic rings. The Kier molecular flexibility index (Phi) is 6.52. The quantitative estimate of drug-likeness (QED) is 0.502. The van der Waals surface area contributed by atoms with E-state index in [9.17, 15) is 14.7 Å². The van der Waals surface area contributed by atoms with Gasteiger partial charge < -0.3 is 9.84 Å². The number of nitrogens with zero attached hydrogens (tertiary/aromatic N) is 2. The molecule has 0 unspecified atom stereocenters. The van der Waals surface area contributed by atoms with Gasteiger partial charge in [-0.2, -0.15) is 5.10 Å². The highest BCUT2D eigenvalue weighted by molar-refractivity contribution is 6.11. The van der Waals surface area contributed by atoms with Crippen molar-refractivity contribution in [2.24, 2.45) is 10.5 Å². The van der Waals surface area contributed by atoms with Gasteiger partial charge in [0.1, 0.15) is 5.75 Å². The average molecular weight is 463 g/mol. The van der Waals surface area contributed by atoms with Crippen LogP contribution in [-0.2, 0) is 22.6 Å². The highest BCUT2D eigenvalue weighted by Crippen LogP contribution is 2.40. The third-order valence-corrected chi connectivity index (χ3v) is 6.78. The number of benzene rings is 2. The Balaban J connectivity index is 1.32. The number of carboxylic acid groups (broad SMARTS) is 1. The molecule has 1 amide bonds. The van der Waals surface area contributed by atoms with Crippen LogP contribution in [0.15, 0.2) is 53.6 Å². The Labute approximate surface area is 201 Å². The summed E-state index contributed by atoms with van der Waals surface area (Å²) in [4.78, 5) is 24.3. The summed E-state index contributed by atoms with van der Waals surface area (Å²) >= 11 is 0. The number of ether oxygens (including phenoxy) is 1. The minimum Gasteiger partial charge on any atom is -0.478 e. The molecule has 2 aromatic carbocycles. The van der Waals surface area contributed by atoms with Crippen molar-refractivity contribution in [3.05, 3.63) is 65.2 Å². The van der Waals surface area contributed by atoms with E-state index in [2.05, 4.69) is 24.3 Å². The van der Waals surface area contributed by atoms with Gasteiger partial charge in [0, 0.05) is 0 Å². The zero-order valence-corrected chi connectivity index (χ0v) is 20.5. The first kappa shape index (κ1) is 24.0. The highest BCUT2D eigenvalue weighted by atomic mass is 16.5. The number of carboxylic acids is 1. The van der Waals surface area contributed by atoms with Crippen molar-refractivity contribution in [2.75, 3.05) is 0 Å². The third kappa shape index (κ3) is 5.32. The lowest BCUT2D eigenvalue weighted by Crippen LogP contribution is -2.37. The van der Waals surface area contributed by atoms with Crippen LogP contribution in [0.4, 0.5) is 0 Å². The molecule has 2 aliphatic rings. The largest absolute Gasteiger partial charge is 0.478 e. The molecule has 180 valence electrons. The van der Waals surface area contributed by atoms with Crippen LogP contribution in [0.1, 0.15) is 76.0 Å². The molecule has 1 N–H and O–H groups in total. The summed E-state index contributed by atoms with van der Waals surface area (Å²) in [5.74, 6) is 0.307. The molecule has 1 fully saturated rings. The van der Waals surface area contributed by atoms with Crippen LogP contribution in [0.5, 0.6) is 5.75 Å². The number of aryl methyl sites for hydroxylation is 1. The van der Waals surface area contributed by atoms with E-state index < -0.39 is 17.0 Å². The van der Waals surface area contributed by atoms with E-state index in [0.29, 0.717) is 12.3 Å². The smallest absolute Gasteiger partial charge is 0.347 e. The summed E-state index contributed by atoms with van der Waals surface area (Å²) in [5, 5.41) is 15.5. The number of hydrazone groups is 1. The maximum atomic E-state index is 13.0. The second kappa shape index (κ2) is 9.24. The van der Waals surface area contributed by atoms with E-state index in [4.69, 9.17) is 9.84 Å². The van der Waals surface area contributed by atoms with E-state index in [1.54, 1.807) is 17.1 Å². The summed E-state index contributed by atoms with van der Waals surface area (Å²) in [6, 6.07) is 16.1. The second-order valence-electron chi connectivity index (χ2n) is 10.5. The third-order valence-electron chi connectivity index (χ3n) is 6.78. The van der Waals surface area contributed by atoms with E-state index in [1.807, 2.05) is 26.0 Å². The predicted octanol–water partition coefficient (Wildman–Crippen LogP) is 5.55. The first-order valence-corrected chi connectivity index (χ1v) is 12.1. The first-order valence-electron chi connectivity index (χ1n) is 12.1. The molecule has 0 bridgehead atoms. The van der Waals surface area contributed by atoms with Gasteiger partial charge >= 0.3 is 5.97 Å². The van der Waals surface area contributed by atoms with Gasteiger partial charge in [0.05, 0.1) is 17.7 Å². The Bertz CT molecular complexity index is 1080. The first-order chi connectivity index (χ1) is 16.1. The molecular weight excluding hydrogens is 428 g/mol. The molecule has 0 aromatic heterocycles. The minimum atomic E-state index is -1.27. The number of carbonyl (C=O) groups excluding carboxylic acids is 1. The lowest BCUT2D eigenvalue weighted by Gasteiger charge is -2.21. The normalized spacial score (nSPS) is 17.6. The fourth-order valence-corrected chi connectivity index (χ4v) is 4.24. The Hall–Kier alpha value is -3.15. The number of rotatable bonds is 10. The van der Waals surface area contributed by atoms with Gasteiger partial charge in [-0.3, -0.25) is 4.79 Å². The van der Waals surface area contributed by atoms with Gasteiger partial charge in [0.15, 0.2) is 5.60 Å². The number of hydrogen-bond acceptors (Lipinski definition) is 4. The molecule has 0 saturated heterocycles. The summed E-state index contributed by atoms with van der Waals surface area (Å²) < 4.78 is 5.56. The predicted molar refractivity (Wildman–Crippen MR) is 132 cm³/mol. The van der Waals surface area contributed by atoms with Crippen LogP contribution in [0, 0.1) is 5.41 Å². The van der Waals surface area contributed by atoms with Gasteiger partial charge in [0.2, 0.25) is 0 Å². The van der Waals surface area contributed by atoms with Crippen molar-refractivity contribution in [1.82, 2.24) is 5.01 Å². The van der Waals surface area contributed by atoms with Gasteiger partial charge in [-0.25, -0.2) is 9.80 Å². The summed E-state index contributed by atoms with van der Waals surface area (Å²) in [5.41, 5.74) is 2.70. The SMILES string of the molecule is CC(C)(Oc1ccc(CCCC2=NN(Cc3ccc(C4CC4)cc3)C(=O)C2(C)C)cc1)C(=O)O. The molecule has 6 heteroatoms. The topological polar surface area (TPSA) is 79.2 Å². The average Bonchev–Trinajstić information content (AvgIpc) is 3.61. The van der Waals surface area contributed by atoms with Gasteiger partial charge in [0.25, 0.3) is 5.91 Å². The number of amides is 1. The minimum absolute atomic E-state index is 0.0521. The maximum Gasteiger partial charge on any atom is 0.347 e. The van der Waals surface area contributed by atoms with Crippen molar-refractivity contribution in [2.45, 2.75) is 77.9 Å². The molecule has 6 nitrogen and oxygen atoms in total. The second-order valence-corrected chi connectivity index (χ2v) is 10.5. The fraction of sp³-hybridized carbons (Fsp3) is 0.464. The van der Waals surface area contributed by atoms with E-state index in [0.717, 1.165) is 42.0 Å². The Morgan fingerprint density at radius 3 is 2.26 bits per heavy atom. The highest BCUT2D eigenvalue weighted by Gasteiger charge is 2.42. The Morgan fingerprint density at radius 1 is 1.06 bits per heavy atom. The molecule has 0 spiro atoms. The molecule has 1 saturated carbocycles. The molecular formula is C28H34N2O4. The van der Waals surface area contributed by atoms with Crippen LogP contribution in [0.3, 0.4) is 0 Å². The number of aliphatic carboxylic acids is 1. The summed E-state index contributed by atoms with van der Waals surface area (Å²) in [6.45, 7) is 7.48. The van der Waals surface area contributed by atoms with E-state index in [1.165, 1.54) is 32.3 Å². The molecule has 34 heavy (non-hydrogen) atoms. The summed E-state index contributed by atoms with van der Waals surface area (Å²) in [6.07, 6.45) is 5.04. The van der Waals surface area contributed by atoms with Crippen LogP contribution in [-0.4, -0.2) is 33.3 Å². The fourth-order valence-electron chi connectivity index (χ4n) is 4.24. The maximum absolute atomic E-state index is 13.0. The van der Waals surface area contributed by atoms with Gasteiger partial charge in [-0.15, -0.1) is 0 Å². The molecule has 0 atom stereocenters. The van der Waals surface area contributed by atoms with Crippen LogP contribution in [0.25, 0.3) is 0 Å². The number of carbonyl (C=O) groups is 2. The van der Waals surface area contributed by atoms with E-state index in [-0.39, 0.29) is 5.91 Å². The molecule has 0 radical (unpaired) electrons.